The number of sulfonamides is 1. The number of amides is 6. The number of alkyl carbamates (subject to hydrolysis) is 1. The minimum Gasteiger partial charge on any atom is -0.445 e. The van der Waals surface area contributed by atoms with Crippen LogP contribution in [0.4, 0.5) is 21.0 Å². The number of primary amides is 1. The fourth-order valence-electron chi connectivity index (χ4n) is 8.06. The zero-order valence-electron chi connectivity index (χ0n) is 40.7. The minimum absolute atomic E-state index is 0.0354. The molecular weight excluding hydrogens is 917 g/mol. The van der Waals surface area contributed by atoms with Gasteiger partial charge in [-0.2, -0.15) is 4.31 Å². The predicted octanol–water partition coefficient (Wildman–Crippen LogP) is 4.50. The van der Waals surface area contributed by atoms with Gasteiger partial charge in [0.2, 0.25) is 27.7 Å². The van der Waals surface area contributed by atoms with Crippen LogP contribution in [-0.2, 0) is 42.2 Å². The van der Waals surface area contributed by atoms with Gasteiger partial charge in [0, 0.05) is 75.0 Å². The van der Waals surface area contributed by atoms with E-state index in [1.54, 1.807) is 56.3 Å². The Morgan fingerprint density at radius 1 is 0.914 bits per heavy atom. The molecule has 0 unspecified atom stereocenters. The van der Waals surface area contributed by atoms with Crippen molar-refractivity contribution in [3.63, 3.8) is 0 Å². The van der Waals surface area contributed by atoms with Crippen LogP contribution >= 0.6 is 0 Å². The molecule has 20 heteroatoms. The van der Waals surface area contributed by atoms with Gasteiger partial charge in [-0.3, -0.25) is 14.4 Å². The molecule has 70 heavy (non-hydrogen) atoms. The van der Waals surface area contributed by atoms with E-state index in [9.17, 15) is 37.5 Å². The number of aliphatic hydroxyl groups excluding tert-OH is 1. The van der Waals surface area contributed by atoms with Gasteiger partial charge in [0.1, 0.15) is 18.5 Å². The van der Waals surface area contributed by atoms with Crippen LogP contribution in [0.15, 0.2) is 76.1 Å². The Balaban J connectivity index is 1.22. The van der Waals surface area contributed by atoms with Crippen LogP contribution in [0.5, 0.6) is 0 Å². The first-order chi connectivity index (χ1) is 33.4. The lowest BCUT2D eigenvalue weighted by Crippen LogP contribution is -2.51. The van der Waals surface area contributed by atoms with Crippen LogP contribution in [-0.4, -0.2) is 116 Å². The second kappa shape index (κ2) is 26.0. The van der Waals surface area contributed by atoms with Gasteiger partial charge in [-0.1, -0.05) is 58.0 Å². The zero-order valence-corrected chi connectivity index (χ0v) is 41.5. The number of aliphatic imine (C=N–C) groups is 1. The number of hydrogen-bond donors (Lipinski definition) is 8. The lowest BCUT2D eigenvalue weighted by Gasteiger charge is -2.36. The highest BCUT2D eigenvalue weighted by Crippen LogP contribution is 2.37. The molecule has 0 aromatic heterocycles. The number of fused-ring (bicyclic) bond motifs is 1. The quantitative estimate of drug-likeness (QED) is 0.0547. The van der Waals surface area contributed by atoms with Crippen LogP contribution in [0.2, 0.25) is 0 Å². The Morgan fingerprint density at radius 2 is 1.61 bits per heavy atom. The normalized spacial score (nSPS) is 14.7. The van der Waals surface area contributed by atoms with E-state index in [2.05, 4.69) is 21.3 Å². The summed E-state index contributed by atoms with van der Waals surface area (Å²) in [6, 6.07) is 14.9. The molecule has 2 heterocycles. The minimum atomic E-state index is -3.78. The first-order valence-electron chi connectivity index (χ1n) is 24.0. The molecule has 5 rings (SSSR count). The molecule has 3 aromatic rings. The van der Waals surface area contributed by atoms with E-state index >= 15 is 0 Å². The molecule has 3 aromatic carbocycles. The Labute approximate surface area is 411 Å². The first-order valence-corrected chi connectivity index (χ1v) is 25.5. The second-order valence-corrected chi connectivity index (χ2v) is 20.1. The van der Waals surface area contributed by atoms with Crippen LogP contribution in [0.3, 0.4) is 0 Å². The maximum atomic E-state index is 13.9. The average molecular weight is 987 g/mol. The summed E-state index contributed by atoms with van der Waals surface area (Å²) in [6.45, 7) is 9.82. The molecule has 0 radical (unpaired) electrons. The summed E-state index contributed by atoms with van der Waals surface area (Å²) < 4.78 is 33.8. The van der Waals surface area contributed by atoms with Crippen molar-refractivity contribution in [1.29, 1.82) is 0 Å². The smallest absolute Gasteiger partial charge is 0.407 e. The van der Waals surface area contributed by atoms with Gasteiger partial charge in [-0.15, -0.1) is 0 Å². The standard InChI is InChI=1S/C50H70N10O9S/c1-5-21-59(22-6-2)48(64)38-25-41-36(23-37(26-43(41)57-44(51)27-38)35-12-9-13-40(24-35)70(67,68)60-28-34(29-60)30-61)11-7-8-19-55-50(66)69-31-33-15-17-39(18-16-33)56-46(62)42(14-10-20-54-49(53)65)58-47(63)45(52)32(3)4/h9,12-13,15-18,23-26,32,34,42,45,61H,5-8,10-11,14,19-22,27-31,52H2,1-4H3,(H2,51,57)(H,55,66)(H,56,62)(H,58,63)(H3,53,54,65)/t42-,45-/m0/s1. The van der Waals surface area contributed by atoms with E-state index in [-0.39, 0.29) is 74.2 Å². The summed E-state index contributed by atoms with van der Waals surface area (Å²) in [4.78, 5) is 70.5. The fourth-order valence-corrected chi connectivity index (χ4v) is 9.70. The Kier molecular flexibility index (Phi) is 20.3. The number of carbonyl (C=O) groups is 5. The summed E-state index contributed by atoms with van der Waals surface area (Å²) >= 11 is 0. The number of urea groups is 1. The third-order valence-corrected chi connectivity index (χ3v) is 13.9. The molecule has 0 spiro atoms. The summed E-state index contributed by atoms with van der Waals surface area (Å²) in [5, 5.41) is 20.2. The van der Waals surface area contributed by atoms with E-state index in [4.69, 9.17) is 26.9 Å². The number of nitrogens with one attached hydrogen (secondary N) is 4. The van der Waals surface area contributed by atoms with Crippen molar-refractivity contribution in [3.05, 3.63) is 82.9 Å². The van der Waals surface area contributed by atoms with Gasteiger partial charge in [0.25, 0.3) is 0 Å². The first kappa shape index (κ1) is 54.6. The van der Waals surface area contributed by atoms with Crippen molar-refractivity contribution >= 4 is 63.2 Å². The van der Waals surface area contributed by atoms with Crippen LogP contribution in [0.25, 0.3) is 17.2 Å². The average Bonchev–Trinajstić information content (AvgIpc) is 3.49. The highest BCUT2D eigenvalue weighted by Gasteiger charge is 2.36. The van der Waals surface area contributed by atoms with Gasteiger partial charge in [-0.25, -0.2) is 23.0 Å². The van der Waals surface area contributed by atoms with E-state index < -0.39 is 46.0 Å². The highest BCUT2D eigenvalue weighted by atomic mass is 32.2. The summed E-state index contributed by atoms with van der Waals surface area (Å²) in [7, 11) is -3.78. The maximum Gasteiger partial charge on any atom is 0.407 e. The van der Waals surface area contributed by atoms with E-state index in [1.165, 1.54) is 4.31 Å². The number of ether oxygens (including phenoxy) is 1. The Hall–Kier alpha value is -6.35. The largest absolute Gasteiger partial charge is 0.445 e. The molecule has 1 saturated heterocycles. The Bertz CT molecular complexity index is 2490. The lowest BCUT2D eigenvalue weighted by atomic mass is 9.93. The molecule has 6 amide bonds. The number of aliphatic hydroxyl groups is 1. The van der Waals surface area contributed by atoms with Crippen LogP contribution in [0, 0.1) is 11.8 Å². The van der Waals surface area contributed by atoms with Crippen molar-refractivity contribution in [2.24, 2.45) is 34.0 Å². The summed E-state index contributed by atoms with van der Waals surface area (Å²) in [5.74, 6) is -0.974. The predicted molar refractivity (Wildman–Crippen MR) is 270 cm³/mol. The number of amidine groups is 1. The molecule has 0 aliphatic carbocycles. The molecule has 2 aliphatic heterocycles. The highest BCUT2D eigenvalue weighted by molar-refractivity contribution is 7.89. The number of anilines is 1. The second-order valence-electron chi connectivity index (χ2n) is 18.1. The number of carbonyl (C=O) groups excluding carboxylic acids is 5. The topological polar surface area (TPSA) is 294 Å². The van der Waals surface area contributed by atoms with E-state index in [0.29, 0.717) is 73.4 Å². The third-order valence-electron chi connectivity index (χ3n) is 12.1. The van der Waals surface area contributed by atoms with Gasteiger partial charge >= 0.3 is 12.1 Å². The van der Waals surface area contributed by atoms with Crippen LogP contribution in [0.1, 0.15) is 89.3 Å². The van der Waals surface area contributed by atoms with Gasteiger partial charge in [0.05, 0.1) is 16.6 Å². The molecule has 19 nitrogen and oxygen atoms in total. The summed E-state index contributed by atoms with van der Waals surface area (Å²) in [5.41, 5.74) is 22.9. The molecule has 0 bridgehead atoms. The van der Waals surface area contributed by atoms with Crippen molar-refractivity contribution in [3.8, 4) is 11.1 Å². The van der Waals surface area contributed by atoms with Crippen molar-refractivity contribution < 1.29 is 42.2 Å². The molecule has 380 valence electrons. The molecular formula is C50H70N10O9S. The molecule has 2 aliphatic rings. The number of rotatable bonds is 25. The van der Waals surface area contributed by atoms with E-state index in [0.717, 1.165) is 29.5 Å². The van der Waals surface area contributed by atoms with Crippen molar-refractivity contribution in [2.75, 3.05) is 51.2 Å². The lowest BCUT2D eigenvalue weighted by molar-refractivity contribution is -0.128. The van der Waals surface area contributed by atoms with Gasteiger partial charge < -0.3 is 53.2 Å². The maximum absolute atomic E-state index is 13.9. The molecule has 11 N–H and O–H groups in total. The fraction of sp³-hybridized carbons (Fsp3) is 0.480. The Morgan fingerprint density at radius 3 is 2.27 bits per heavy atom. The molecule has 2 atom stereocenters. The number of hydrogen-bond acceptors (Lipinski definition) is 12. The van der Waals surface area contributed by atoms with Gasteiger partial charge in [-0.05, 0) is 110 Å². The monoisotopic (exact) mass is 987 g/mol. The molecule has 1 fully saturated rings. The molecule has 0 saturated carbocycles. The number of unbranched alkanes of at least 4 members (excludes halogenated alkanes) is 1. The number of aryl methyl sites for hydroxylation is 1. The number of nitrogens with two attached hydrogens (primary N) is 3. The van der Waals surface area contributed by atoms with Crippen molar-refractivity contribution in [2.45, 2.75) is 103 Å². The van der Waals surface area contributed by atoms with E-state index in [1.807, 2.05) is 43.0 Å². The number of nitrogens with zero attached hydrogens (tertiary/aromatic N) is 3. The summed E-state index contributed by atoms with van der Waals surface area (Å²) in [6.07, 6.45) is 5.40. The number of benzene rings is 3. The third kappa shape index (κ3) is 15.3. The zero-order chi connectivity index (χ0) is 51.0. The van der Waals surface area contributed by atoms with Crippen molar-refractivity contribution in [1.82, 2.24) is 25.2 Å². The van der Waals surface area contributed by atoms with Crippen LogP contribution < -0.4 is 38.5 Å². The SMILES string of the molecule is CCCN(CCC)C(=O)C1=Cc2c(CCCCNC(=O)OCc3ccc(NC(=O)[C@H](CCCNC(N)=O)NC(=O)[C@@H](N)C(C)C)cc3)cc(-c3cccc(S(=O)(=O)N4CC(CO)C4)c3)cc2N=C(N)C1. The van der Waals surface area contributed by atoms with Gasteiger partial charge in [0.15, 0.2) is 0 Å².